The molecule has 0 fully saturated rings. The summed E-state index contributed by atoms with van der Waals surface area (Å²) in [5.74, 6) is 0.189. The zero-order valence-electron chi connectivity index (χ0n) is 14.5. The van der Waals surface area contributed by atoms with Gasteiger partial charge in [0, 0.05) is 16.1 Å². The average molecular weight is 397 g/mol. The van der Waals surface area contributed by atoms with Crippen molar-refractivity contribution in [1.82, 2.24) is 0 Å². The number of ketones is 1. The fraction of sp³-hybridized carbons (Fsp3) is 0.263. The third kappa shape index (κ3) is 5.13. The van der Waals surface area contributed by atoms with Gasteiger partial charge in [-0.3, -0.25) is 4.79 Å². The summed E-state index contributed by atoms with van der Waals surface area (Å²) in [5.41, 5.74) is 1.10. The molecule has 5 nitrogen and oxygen atoms in total. The molecule has 0 saturated carbocycles. The lowest BCUT2D eigenvalue weighted by molar-refractivity contribution is -0.152. The predicted molar refractivity (Wildman–Crippen MR) is 99.3 cm³/mol. The summed E-state index contributed by atoms with van der Waals surface area (Å²) in [6.07, 6.45) is -0.879. The fourth-order valence-electron chi connectivity index (χ4n) is 2.19. The van der Waals surface area contributed by atoms with Crippen LogP contribution in [0.2, 0.25) is 10.0 Å². The second-order valence-corrected chi connectivity index (χ2v) is 6.37. The molecule has 138 valence electrons. The predicted octanol–water partition coefficient (Wildman–Crippen LogP) is 4.72. The number of hydrogen-bond acceptors (Lipinski definition) is 5. The molecule has 2 aromatic carbocycles. The monoisotopic (exact) mass is 396 g/mol. The van der Waals surface area contributed by atoms with Crippen molar-refractivity contribution in [2.24, 2.45) is 0 Å². The maximum atomic E-state index is 12.2. The Morgan fingerprint density at radius 1 is 1.08 bits per heavy atom. The highest BCUT2D eigenvalue weighted by atomic mass is 35.5. The lowest BCUT2D eigenvalue weighted by atomic mass is 10.1. The van der Waals surface area contributed by atoms with Crippen LogP contribution in [0.15, 0.2) is 36.4 Å². The number of esters is 1. The van der Waals surface area contributed by atoms with Gasteiger partial charge in [0.2, 0.25) is 0 Å². The van der Waals surface area contributed by atoms with Gasteiger partial charge in [-0.1, -0.05) is 23.2 Å². The Morgan fingerprint density at radius 3 is 2.38 bits per heavy atom. The summed E-state index contributed by atoms with van der Waals surface area (Å²) in [6.45, 7) is 2.96. The van der Waals surface area contributed by atoms with E-state index in [2.05, 4.69) is 0 Å². The van der Waals surface area contributed by atoms with Crippen molar-refractivity contribution in [3.8, 4) is 11.5 Å². The van der Waals surface area contributed by atoms with Crippen molar-refractivity contribution in [2.75, 3.05) is 7.11 Å². The van der Waals surface area contributed by atoms with E-state index in [0.717, 1.165) is 0 Å². The summed E-state index contributed by atoms with van der Waals surface area (Å²) in [6, 6.07) is 9.66. The van der Waals surface area contributed by atoms with Crippen LogP contribution in [0.3, 0.4) is 0 Å². The molecule has 0 N–H and O–H groups in total. The Hall–Kier alpha value is -2.24. The Labute approximate surface area is 161 Å². The van der Waals surface area contributed by atoms with E-state index >= 15 is 0 Å². The highest BCUT2D eigenvalue weighted by Crippen LogP contribution is 2.28. The van der Waals surface area contributed by atoms with Gasteiger partial charge in [-0.25, -0.2) is 4.79 Å². The summed E-state index contributed by atoms with van der Waals surface area (Å²) in [4.78, 5) is 23.7. The minimum atomic E-state index is -0.879. The van der Waals surface area contributed by atoms with Gasteiger partial charge in [0.25, 0.3) is 0 Å². The van der Waals surface area contributed by atoms with Crippen molar-refractivity contribution >= 4 is 35.0 Å². The molecule has 0 aliphatic carbocycles. The normalized spacial score (nSPS) is 11.6. The van der Waals surface area contributed by atoms with Gasteiger partial charge in [-0.15, -0.1) is 0 Å². The molecule has 0 bridgehead atoms. The molecule has 0 aliphatic heterocycles. The van der Waals surface area contributed by atoms with E-state index in [0.29, 0.717) is 32.7 Å². The summed E-state index contributed by atoms with van der Waals surface area (Å²) in [5, 5.41) is 0.767. The summed E-state index contributed by atoms with van der Waals surface area (Å²) >= 11 is 11.9. The van der Waals surface area contributed by atoms with E-state index in [1.54, 1.807) is 37.3 Å². The molecule has 7 heteroatoms. The number of rotatable bonds is 7. The van der Waals surface area contributed by atoms with E-state index in [9.17, 15) is 9.59 Å². The number of carbonyl (C=O) groups excluding carboxylic acids is 2. The van der Waals surface area contributed by atoms with E-state index in [4.69, 9.17) is 37.4 Å². The third-order valence-corrected chi connectivity index (χ3v) is 4.12. The standard InChI is InChI=1S/C19H18Cl2O5/c1-11(22)13-4-6-17(24-3)14(8-13)10-25-19(23)12(2)26-18-7-5-15(20)9-16(18)21/h4-9,12H,10H2,1-3H3/t12-/m0/s1. The van der Waals surface area contributed by atoms with Gasteiger partial charge in [-0.05, 0) is 50.2 Å². The van der Waals surface area contributed by atoms with Crippen LogP contribution in [-0.4, -0.2) is 25.0 Å². The van der Waals surface area contributed by atoms with Crippen LogP contribution < -0.4 is 9.47 Å². The third-order valence-electron chi connectivity index (χ3n) is 3.59. The number of ether oxygens (including phenoxy) is 3. The molecule has 2 rings (SSSR count). The quantitative estimate of drug-likeness (QED) is 0.500. The lowest BCUT2D eigenvalue weighted by Gasteiger charge is -2.16. The molecule has 0 heterocycles. The van der Waals surface area contributed by atoms with Crippen LogP contribution in [0.5, 0.6) is 11.5 Å². The summed E-state index contributed by atoms with van der Waals surface area (Å²) < 4.78 is 16.0. The van der Waals surface area contributed by atoms with E-state index in [1.165, 1.54) is 20.1 Å². The first-order chi connectivity index (χ1) is 12.3. The van der Waals surface area contributed by atoms with Gasteiger partial charge in [-0.2, -0.15) is 0 Å². The number of hydrogen-bond donors (Lipinski definition) is 0. The molecular formula is C19H18Cl2O5. The van der Waals surface area contributed by atoms with Crippen molar-refractivity contribution in [1.29, 1.82) is 0 Å². The van der Waals surface area contributed by atoms with E-state index in [-0.39, 0.29) is 12.4 Å². The molecule has 26 heavy (non-hydrogen) atoms. The maximum absolute atomic E-state index is 12.2. The van der Waals surface area contributed by atoms with E-state index in [1.807, 2.05) is 0 Å². The topological polar surface area (TPSA) is 61.8 Å². The SMILES string of the molecule is COc1ccc(C(C)=O)cc1COC(=O)[C@H](C)Oc1ccc(Cl)cc1Cl. The number of benzene rings is 2. The van der Waals surface area contributed by atoms with Gasteiger partial charge < -0.3 is 14.2 Å². The first-order valence-electron chi connectivity index (χ1n) is 7.78. The Balaban J connectivity index is 2.03. The van der Waals surface area contributed by atoms with Gasteiger partial charge in [0.15, 0.2) is 11.9 Å². The number of carbonyl (C=O) groups is 2. The number of Topliss-reactive ketones (excluding diaryl/α,β-unsaturated/α-hetero) is 1. The molecule has 2 aromatic rings. The van der Waals surface area contributed by atoms with Crippen LogP contribution in [0.1, 0.15) is 29.8 Å². The zero-order chi connectivity index (χ0) is 19.3. The lowest BCUT2D eigenvalue weighted by Crippen LogP contribution is -2.26. The van der Waals surface area contributed by atoms with Crippen LogP contribution in [0.25, 0.3) is 0 Å². The minimum absolute atomic E-state index is 0.0504. The van der Waals surface area contributed by atoms with E-state index < -0.39 is 12.1 Å². The van der Waals surface area contributed by atoms with Crippen molar-refractivity contribution in [3.63, 3.8) is 0 Å². The van der Waals surface area contributed by atoms with Crippen LogP contribution in [0, 0.1) is 0 Å². The zero-order valence-corrected chi connectivity index (χ0v) is 16.1. The largest absolute Gasteiger partial charge is 0.496 e. The van der Waals surface area contributed by atoms with Crippen LogP contribution >= 0.6 is 23.2 Å². The van der Waals surface area contributed by atoms with Crippen molar-refractivity contribution < 1.29 is 23.8 Å². The minimum Gasteiger partial charge on any atom is -0.496 e. The molecule has 0 amide bonds. The number of methoxy groups -OCH3 is 1. The maximum Gasteiger partial charge on any atom is 0.347 e. The first-order valence-corrected chi connectivity index (χ1v) is 8.53. The van der Waals surface area contributed by atoms with Gasteiger partial charge in [0.05, 0.1) is 12.1 Å². The number of halogens is 2. The highest BCUT2D eigenvalue weighted by molar-refractivity contribution is 6.35. The molecule has 0 spiro atoms. The Bertz CT molecular complexity index is 820. The molecule has 0 radical (unpaired) electrons. The van der Waals surface area contributed by atoms with Crippen molar-refractivity contribution in [3.05, 3.63) is 57.6 Å². The average Bonchev–Trinajstić information content (AvgIpc) is 2.61. The van der Waals surface area contributed by atoms with Gasteiger partial charge >= 0.3 is 5.97 Å². The smallest absolute Gasteiger partial charge is 0.347 e. The molecule has 0 unspecified atom stereocenters. The molecule has 0 aromatic heterocycles. The van der Waals surface area contributed by atoms with Gasteiger partial charge in [0.1, 0.15) is 18.1 Å². The van der Waals surface area contributed by atoms with Crippen LogP contribution in [0.4, 0.5) is 0 Å². The molecule has 0 saturated heterocycles. The molecule has 1 atom stereocenters. The summed E-state index contributed by atoms with van der Waals surface area (Å²) in [7, 11) is 1.50. The Kier molecular flexibility index (Phi) is 6.89. The Morgan fingerprint density at radius 2 is 1.77 bits per heavy atom. The fourth-order valence-corrected chi connectivity index (χ4v) is 2.64. The molecule has 0 aliphatic rings. The second kappa shape index (κ2) is 8.92. The van der Waals surface area contributed by atoms with Crippen LogP contribution in [-0.2, 0) is 16.1 Å². The highest BCUT2D eigenvalue weighted by Gasteiger charge is 2.19. The van der Waals surface area contributed by atoms with Crippen molar-refractivity contribution in [2.45, 2.75) is 26.6 Å². The molecular weight excluding hydrogens is 379 g/mol. The first kappa shape index (κ1) is 20.1. The second-order valence-electron chi connectivity index (χ2n) is 5.53.